The third-order valence-corrected chi connectivity index (χ3v) is 5.13. The van der Waals surface area contributed by atoms with Crippen molar-refractivity contribution >= 4 is 32.7 Å². The second kappa shape index (κ2) is 6.63. The van der Waals surface area contributed by atoms with Crippen LogP contribution in [0.5, 0.6) is 0 Å². The minimum atomic E-state index is -0.991. The van der Waals surface area contributed by atoms with Crippen LogP contribution in [0.1, 0.15) is 28.8 Å². The molecule has 1 heterocycles. The minimum absolute atomic E-state index is 0.109. The molecule has 2 atom stereocenters. The van der Waals surface area contributed by atoms with E-state index in [-0.39, 0.29) is 11.7 Å². The van der Waals surface area contributed by atoms with Gasteiger partial charge in [0.2, 0.25) is 0 Å². The van der Waals surface area contributed by atoms with Gasteiger partial charge in [-0.25, -0.2) is 4.79 Å². The summed E-state index contributed by atoms with van der Waals surface area (Å²) in [6, 6.07) is 4.79. The number of rotatable bonds is 5. The van der Waals surface area contributed by atoms with E-state index in [0.717, 1.165) is 25.0 Å². The number of carboxylic acid groups (broad SMARTS) is 1. The Labute approximate surface area is 122 Å². The minimum Gasteiger partial charge on any atom is -0.478 e. The molecule has 1 saturated heterocycles. The highest BCUT2D eigenvalue weighted by atomic mass is 79.9. The second-order valence-electron chi connectivity index (χ2n) is 4.50. The lowest BCUT2D eigenvalue weighted by molar-refractivity contribution is 0.0697. The van der Waals surface area contributed by atoms with Crippen molar-refractivity contribution in [1.29, 1.82) is 0 Å². The molecule has 1 N–H and O–H groups in total. The predicted molar refractivity (Wildman–Crippen MR) is 76.8 cm³/mol. The van der Waals surface area contributed by atoms with Crippen LogP contribution in [0.2, 0.25) is 0 Å². The van der Waals surface area contributed by atoms with Crippen LogP contribution < -0.4 is 0 Å². The molecule has 104 valence electrons. The Morgan fingerprint density at radius 3 is 2.89 bits per heavy atom. The van der Waals surface area contributed by atoms with Crippen molar-refractivity contribution in [3.8, 4) is 0 Å². The first-order chi connectivity index (χ1) is 9.06. The van der Waals surface area contributed by atoms with Crippen molar-refractivity contribution in [3.63, 3.8) is 0 Å². The Hall–Kier alpha value is -0.720. The van der Waals surface area contributed by atoms with Crippen LogP contribution in [0.4, 0.5) is 0 Å². The van der Waals surface area contributed by atoms with E-state index in [1.54, 1.807) is 12.1 Å². The van der Waals surface area contributed by atoms with E-state index >= 15 is 0 Å². The van der Waals surface area contributed by atoms with E-state index in [9.17, 15) is 9.00 Å². The quantitative estimate of drug-likeness (QED) is 0.889. The maximum Gasteiger partial charge on any atom is 0.335 e. The standard InChI is InChI=1S/C13H15BrO4S/c14-12-6-9(13(15)16)3-4-10(12)7-19(17)8-11-2-1-5-18-11/h3-4,6,11H,1-2,5,7-8H2,(H,15,16). The molecule has 0 bridgehead atoms. The average Bonchev–Trinajstić information content (AvgIpc) is 2.84. The van der Waals surface area contributed by atoms with Gasteiger partial charge in [-0.05, 0) is 30.5 Å². The lowest BCUT2D eigenvalue weighted by Crippen LogP contribution is -2.16. The largest absolute Gasteiger partial charge is 0.478 e. The SMILES string of the molecule is O=C(O)c1ccc(CS(=O)CC2CCCO2)c(Br)c1. The van der Waals surface area contributed by atoms with Gasteiger partial charge in [0, 0.05) is 27.6 Å². The van der Waals surface area contributed by atoms with E-state index in [4.69, 9.17) is 9.84 Å². The topological polar surface area (TPSA) is 63.6 Å². The Balaban J connectivity index is 1.98. The molecule has 0 spiro atoms. The maximum atomic E-state index is 12.0. The fourth-order valence-electron chi connectivity index (χ4n) is 2.01. The summed E-state index contributed by atoms with van der Waals surface area (Å²) in [7, 11) is -0.991. The monoisotopic (exact) mass is 346 g/mol. The van der Waals surface area contributed by atoms with Gasteiger partial charge in [0.25, 0.3) is 0 Å². The molecule has 1 fully saturated rings. The normalized spacial score (nSPS) is 20.4. The number of halogens is 1. The third-order valence-electron chi connectivity index (χ3n) is 3.01. The molecule has 19 heavy (non-hydrogen) atoms. The molecule has 0 amide bonds. The van der Waals surface area contributed by atoms with Gasteiger partial charge in [0.15, 0.2) is 0 Å². The van der Waals surface area contributed by atoms with Crippen LogP contribution in [0.25, 0.3) is 0 Å². The van der Waals surface area contributed by atoms with Gasteiger partial charge in [-0.15, -0.1) is 0 Å². The van der Waals surface area contributed by atoms with Gasteiger partial charge < -0.3 is 9.84 Å². The van der Waals surface area contributed by atoms with Gasteiger partial charge in [0.1, 0.15) is 0 Å². The molecule has 4 nitrogen and oxygen atoms in total. The number of carbonyl (C=O) groups is 1. The summed E-state index contributed by atoms with van der Waals surface area (Å²) in [6.07, 6.45) is 2.13. The van der Waals surface area contributed by atoms with Gasteiger partial charge in [-0.2, -0.15) is 0 Å². The molecule has 0 radical (unpaired) electrons. The van der Waals surface area contributed by atoms with E-state index in [0.29, 0.717) is 16.0 Å². The number of hydrogen-bond acceptors (Lipinski definition) is 3. The summed E-state index contributed by atoms with van der Waals surface area (Å²) in [5.41, 5.74) is 1.09. The Kier molecular flexibility index (Phi) is 5.13. The average molecular weight is 347 g/mol. The number of benzene rings is 1. The molecule has 1 aromatic carbocycles. The van der Waals surface area contributed by atoms with Gasteiger partial charge in [0.05, 0.1) is 17.4 Å². The van der Waals surface area contributed by atoms with E-state index in [1.165, 1.54) is 6.07 Å². The first-order valence-corrected chi connectivity index (χ1v) is 8.32. The molecule has 0 aliphatic carbocycles. The highest BCUT2D eigenvalue weighted by molar-refractivity contribution is 9.10. The first-order valence-electron chi connectivity index (χ1n) is 6.04. The molecule has 0 aromatic heterocycles. The second-order valence-corrected chi connectivity index (χ2v) is 6.85. The third kappa shape index (κ3) is 4.12. The zero-order valence-electron chi connectivity index (χ0n) is 10.3. The van der Waals surface area contributed by atoms with E-state index in [1.807, 2.05) is 0 Å². The lowest BCUT2D eigenvalue weighted by atomic mass is 10.1. The van der Waals surface area contributed by atoms with Crippen LogP contribution in [0, 0.1) is 0 Å². The van der Waals surface area contributed by atoms with Crippen LogP contribution in [0.3, 0.4) is 0 Å². The molecule has 2 unspecified atom stereocenters. The fourth-order valence-corrected chi connectivity index (χ4v) is 4.11. The van der Waals surface area contributed by atoms with Crippen molar-refractivity contribution in [1.82, 2.24) is 0 Å². The molecule has 2 rings (SSSR count). The summed E-state index contributed by atoms with van der Waals surface area (Å²) >= 11 is 3.33. The predicted octanol–water partition coefficient (Wildman–Crippen LogP) is 2.58. The molecule has 6 heteroatoms. The van der Waals surface area contributed by atoms with Gasteiger partial charge in [-0.1, -0.05) is 22.0 Å². The zero-order valence-corrected chi connectivity index (χ0v) is 12.7. The number of aromatic carboxylic acids is 1. The van der Waals surface area contributed by atoms with Crippen molar-refractivity contribution in [2.75, 3.05) is 12.4 Å². The van der Waals surface area contributed by atoms with Crippen molar-refractivity contribution in [2.24, 2.45) is 0 Å². The summed E-state index contributed by atoms with van der Waals surface area (Å²) in [4.78, 5) is 10.8. The molecular weight excluding hydrogens is 332 g/mol. The molecular formula is C13H15BrO4S. The van der Waals surface area contributed by atoms with E-state index in [2.05, 4.69) is 15.9 Å². The highest BCUT2D eigenvalue weighted by Crippen LogP contribution is 2.21. The van der Waals surface area contributed by atoms with Crippen LogP contribution in [0.15, 0.2) is 22.7 Å². The lowest BCUT2D eigenvalue weighted by Gasteiger charge is -2.10. The number of ether oxygens (including phenoxy) is 1. The summed E-state index contributed by atoms with van der Waals surface area (Å²) in [5.74, 6) is 0.000672. The summed E-state index contributed by atoms with van der Waals surface area (Å²) < 4.78 is 18.2. The highest BCUT2D eigenvalue weighted by Gasteiger charge is 2.19. The van der Waals surface area contributed by atoms with Gasteiger partial charge >= 0.3 is 5.97 Å². The number of hydrogen-bond donors (Lipinski definition) is 1. The molecule has 0 saturated carbocycles. The van der Waals surface area contributed by atoms with Crippen molar-refractivity contribution in [3.05, 3.63) is 33.8 Å². The smallest absolute Gasteiger partial charge is 0.335 e. The summed E-state index contributed by atoms with van der Waals surface area (Å²) in [5, 5.41) is 8.87. The van der Waals surface area contributed by atoms with E-state index < -0.39 is 16.8 Å². The molecule has 1 aliphatic rings. The summed E-state index contributed by atoms with van der Waals surface area (Å²) in [6.45, 7) is 0.763. The van der Waals surface area contributed by atoms with Crippen LogP contribution >= 0.6 is 15.9 Å². The van der Waals surface area contributed by atoms with Gasteiger partial charge in [-0.3, -0.25) is 4.21 Å². The first kappa shape index (κ1) is 14.7. The van der Waals surface area contributed by atoms with Crippen LogP contribution in [-0.4, -0.2) is 33.7 Å². The maximum absolute atomic E-state index is 12.0. The Morgan fingerprint density at radius 2 is 2.32 bits per heavy atom. The van der Waals surface area contributed by atoms with Crippen molar-refractivity contribution in [2.45, 2.75) is 24.7 Å². The molecule has 1 aliphatic heterocycles. The molecule has 1 aromatic rings. The zero-order chi connectivity index (χ0) is 13.8. The fraction of sp³-hybridized carbons (Fsp3) is 0.462. The Bertz CT molecular complexity index is 497. The number of carboxylic acids is 1. The van der Waals surface area contributed by atoms with Crippen LogP contribution in [-0.2, 0) is 21.3 Å². The Morgan fingerprint density at radius 1 is 1.53 bits per heavy atom. The van der Waals surface area contributed by atoms with Crippen molar-refractivity contribution < 1.29 is 18.8 Å².